The van der Waals surface area contributed by atoms with Crippen LogP contribution >= 0.6 is 11.3 Å². The second kappa shape index (κ2) is 6.59. The third-order valence-electron chi connectivity index (χ3n) is 6.45. The number of amides is 2. The minimum Gasteiger partial charge on any atom is -0.344 e. The summed E-state index contributed by atoms with van der Waals surface area (Å²) in [6, 6.07) is -0.556. The number of nitrogens with one attached hydrogen (secondary N) is 2. The lowest BCUT2D eigenvalue weighted by molar-refractivity contribution is -0.126. The van der Waals surface area contributed by atoms with Gasteiger partial charge < -0.3 is 5.32 Å². The van der Waals surface area contributed by atoms with Crippen LogP contribution in [0, 0.1) is 23.7 Å². The monoisotopic (exact) mass is 376 g/mol. The van der Waals surface area contributed by atoms with E-state index in [-0.39, 0.29) is 23.1 Å². The first kappa shape index (κ1) is 17.9. The zero-order valence-electron chi connectivity index (χ0n) is 15.7. The molecule has 0 saturated heterocycles. The molecule has 7 heteroatoms. The lowest BCUT2D eigenvalue weighted by Gasteiger charge is -2.55. The molecule has 0 aliphatic heterocycles. The Kier molecular flexibility index (Phi) is 4.53. The Bertz CT molecular complexity index is 679. The number of aromatic nitrogens is 2. The van der Waals surface area contributed by atoms with Gasteiger partial charge in [-0.3, -0.25) is 14.9 Å². The summed E-state index contributed by atoms with van der Waals surface area (Å²) in [6.45, 7) is 5.26. The van der Waals surface area contributed by atoms with E-state index in [4.69, 9.17) is 0 Å². The van der Waals surface area contributed by atoms with Crippen molar-refractivity contribution in [3.05, 3.63) is 5.01 Å². The van der Waals surface area contributed by atoms with Crippen LogP contribution in [0.1, 0.15) is 64.3 Å². The van der Waals surface area contributed by atoms with Crippen LogP contribution in [-0.4, -0.2) is 28.1 Å². The maximum Gasteiger partial charge on any atom is 0.249 e. The first-order valence-electron chi connectivity index (χ1n) is 9.76. The number of anilines is 1. The number of hydrogen-bond acceptors (Lipinski definition) is 5. The Hall–Kier alpha value is -1.50. The minimum absolute atomic E-state index is 0.00875. The van der Waals surface area contributed by atoms with Crippen LogP contribution in [0.3, 0.4) is 0 Å². The Morgan fingerprint density at radius 3 is 2.15 bits per heavy atom. The van der Waals surface area contributed by atoms with Crippen molar-refractivity contribution in [3.63, 3.8) is 0 Å². The van der Waals surface area contributed by atoms with Gasteiger partial charge in [0.1, 0.15) is 11.0 Å². The van der Waals surface area contributed by atoms with Gasteiger partial charge in [0, 0.05) is 12.3 Å². The second-order valence-corrected chi connectivity index (χ2v) is 10.00. The summed E-state index contributed by atoms with van der Waals surface area (Å²) in [6.07, 6.45) is 7.91. The SMILES string of the molecule is CC(=O)N[C@H](C(=O)Nc1nnc(C23CC4CC(CC(C4)C2)C3)s1)C(C)C. The summed E-state index contributed by atoms with van der Waals surface area (Å²) in [5.74, 6) is 2.15. The van der Waals surface area contributed by atoms with Crippen molar-refractivity contribution in [1.82, 2.24) is 15.5 Å². The minimum atomic E-state index is -0.556. The van der Waals surface area contributed by atoms with Crippen molar-refractivity contribution in [2.75, 3.05) is 5.32 Å². The first-order chi connectivity index (χ1) is 12.3. The Morgan fingerprint density at radius 1 is 1.08 bits per heavy atom. The molecule has 0 aromatic carbocycles. The molecule has 4 fully saturated rings. The number of carbonyl (C=O) groups excluding carboxylic acids is 2. The molecular formula is C19H28N4O2S. The normalized spacial score (nSPS) is 33.3. The number of nitrogens with zero attached hydrogens (tertiary/aromatic N) is 2. The summed E-state index contributed by atoms with van der Waals surface area (Å²) in [5, 5.41) is 16.0. The zero-order chi connectivity index (χ0) is 18.5. The van der Waals surface area contributed by atoms with Crippen LogP contribution in [-0.2, 0) is 15.0 Å². The number of hydrogen-bond donors (Lipinski definition) is 2. The quantitative estimate of drug-likeness (QED) is 0.827. The summed E-state index contributed by atoms with van der Waals surface area (Å²) in [7, 11) is 0. The van der Waals surface area contributed by atoms with E-state index < -0.39 is 6.04 Å². The highest BCUT2D eigenvalue weighted by atomic mass is 32.1. The van der Waals surface area contributed by atoms with Crippen LogP contribution in [0.4, 0.5) is 5.13 Å². The van der Waals surface area contributed by atoms with Crippen LogP contribution in [0.5, 0.6) is 0 Å². The highest BCUT2D eigenvalue weighted by molar-refractivity contribution is 7.15. The molecule has 4 saturated carbocycles. The third-order valence-corrected chi connectivity index (χ3v) is 7.54. The predicted octanol–water partition coefficient (Wildman–Crippen LogP) is 3.11. The van der Waals surface area contributed by atoms with Gasteiger partial charge in [0.05, 0.1) is 0 Å². The summed E-state index contributed by atoms with van der Waals surface area (Å²) in [4.78, 5) is 23.9. The highest BCUT2D eigenvalue weighted by Gasteiger charge is 2.53. The van der Waals surface area contributed by atoms with Gasteiger partial charge >= 0.3 is 0 Å². The van der Waals surface area contributed by atoms with Gasteiger partial charge in [-0.15, -0.1) is 10.2 Å². The molecule has 5 rings (SSSR count). The van der Waals surface area contributed by atoms with Crippen molar-refractivity contribution >= 4 is 28.3 Å². The average molecular weight is 377 g/mol. The molecule has 0 unspecified atom stereocenters. The lowest BCUT2D eigenvalue weighted by Crippen LogP contribution is -2.48. The maximum absolute atomic E-state index is 12.6. The van der Waals surface area contributed by atoms with E-state index in [1.165, 1.54) is 56.8 Å². The number of carbonyl (C=O) groups is 2. The average Bonchev–Trinajstić information content (AvgIpc) is 3.00. The van der Waals surface area contributed by atoms with E-state index in [1.807, 2.05) is 13.8 Å². The second-order valence-electron chi connectivity index (χ2n) is 9.02. The van der Waals surface area contributed by atoms with E-state index in [0.29, 0.717) is 5.13 Å². The van der Waals surface area contributed by atoms with E-state index in [0.717, 1.165) is 22.8 Å². The van der Waals surface area contributed by atoms with E-state index in [2.05, 4.69) is 20.8 Å². The fourth-order valence-corrected chi connectivity index (χ4v) is 6.76. The molecule has 6 nitrogen and oxygen atoms in total. The van der Waals surface area contributed by atoms with E-state index in [9.17, 15) is 9.59 Å². The molecule has 2 amide bonds. The van der Waals surface area contributed by atoms with E-state index in [1.54, 1.807) is 0 Å². The van der Waals surface area contributed by atoms with Crippen molar-refractivity contribution in [1.29, 1.82) is 0 Å². The van der Waals surface area contributed by atoms with Crippen molar-refractivity contribution in [3.8, 4) is 0 Å². The highest BCUT2D eigenvalue weighted by Crippen LogP contribution is 2.61. The van der Waals surface area contributed by atoms with Gasteiger partial charge in [-0.1, -0.05) is 25.2 Å². The smallest absolute Gasteiger partial charge is 0.249 e. The Balaban J connectivity index is 1.48. The van der Waals surface area contributed by atoms with Gasteiger partial charge in [-0.05, 0) is 62.2 Å². The molecule has 4 aliphatic carbocycles. The first-order valence-corrected chi connectivity index (χ1v) is 10.6. The predicted molar refractivity (Wildman–Crippen MR) is 101 cm³/mol. The molecule has 4 bridgehead atoms. The number of rotatable bonds is 5. The molecule has 0 spiro atoms. The maximum atomic E-state index is 12.6. The molecule has 1 aromatic rings. The molecule has 1 atom stereocenters. The van der Waals surface area contributed by atoms with Crippen LogP contribution in [0.2, 0.25) is 0 Å². The van der Waals surface area contributed by atoms with Crippen molar-refractivity contribution in [2.45, 2.75) is 70.8 Å². The standard InChI is InChI=1S/C19H28N4O2S/c1-10(2)15(20-11(3)24)16(25)21-18-23-22-17(26-18)19-7-12-4-13(8-19)6-14(5-12)9-19/h10,12-15H,4-9H2,1-3H3,(H,20,24)(H,21,23,25)/t12?,13?,14?,15-,19?/m0/s1. The molecule has 1 heterocycles. The van der Waals surface area contributed by atoms with Gasteiger partial charge in [-0.2, -0.15) is 0 Å². The topological polar surface area (TPSA) is 84.0 Å². The fourth-order valence-electron chi connectivity index (χ4n) is 5.80. The largest absolute Gasteiger partial charge is 0.344 e. The summed E-state index contributed by atoms with van der Waals surface area (Å²) >= 11 is 1.53. The van der Waals surface area contributed by atoms with E-state index >= 15 is 0 Å². The van der Waals surface area contributed by atoms with Gasteiger partial charge in [0.15, 0.2) is 0 Å². The van der Waals surface area contributed by atoms with Crippen LogP contribution in [0.25, 0.3) is 0 Å². The van der Waals surface area contributed by atoms with Crippen LogP contribution in [0.15, 0.2) is 0 Å². The molecule has 2 N–H and O–H groups in total. The van der Waals surface area contributed by atoms with Gasteiger partial charge in [0.2, 0.25) is 16.9 Å². The lowest BCUT2D eigenvalue weighted by atomic mass is 9.50. The molecule has 26 heavy (non-hydrogen) atoms. The third kappa shape index (κ3) is 3.26. The Morgan fingerprint density at radius 2 is 1.65 bits per heavy atom. The Labute approximate surface area is 158 Å². The molecular weight excluding hydrogens is 348 g/mol. The molecule has 1 aromatic heterocycles. The zero-order valence-corrected chi connectivity index (χ0v) is 16.6. The molecule has 4 aliphatic rings. The van der Waals surface area contributed by atoms with Crippen molar-refractivity contribution in [2.24, 2.45) is 23.7 Å². The fraction of sp³-hybridized carbons (Fsp3) is 0.789. The molecule has 142 valence electrons. The summed E-state index contributed by atoms with van der Waals surface area (Å²) in [5.41, 5.74) is 0.199. The van der Waals surface area contributed by atoms with Crippen molar-refractivity contribution < 1.29 is 9.59 Å². The van der Waals surface area contributed by atoms with Gasteiger partial charge in [0.25, 0.3) is 0 Å². The molecule has 0 radical (unpaired) electrons. The van der Waals surface area contributed by atoms with Crippen LogP contribution < -0.4 is 10.6 Å². The van der Waals surface area contributed by atoms with Gasteiger partial charge in [-0.25, -0.2) is 0 Å². The summed E-state index contributed by atoms with van der Waals surface area (Å²) < 4.78 is 0.